The van der Waals surface area contributed by atoms with E-state index >= 15 is 0 Å². The number of carbonyl (C=O) groups excluding carboxylic acids is 1. The van der Waals surface area contributed by atoms with Gasteiger partial charge in [-0.1, -0.05) is 0 Å². The van der Waals surface area contributed by atoms with Gasteiger partial charge in [-0.05, 0) is 60.6 Å². The zero-order chi connectivity index (χ0) is 18.0. The highest BCUT2D eigenvalue weighted by atomic mass is 19.4. The van der Waals surface area contributed by atoms with Crippen LogP contribution in [-0.2, 0) is 17.5 Å². The van der Waals surface area contributed by atoms with Gasteiger partial charge in [-0.15, -0.1) is 5.10 Å². The lowest BCUT2D eigenvalue weighted by Crippen LogP contribution is -2.38. The Kier molecular flexibility index (Phi) is 4.71. The highest BCUT2D eigenvalue weighted by molar-refractivity contribution is 5.76. The van der Waals surface area contributed by atoms with Gasteiger partial charge in [0.15, 0.2) is 5.82 Å². The van der Waals surface area contributed by atoms with Crippen molar-refractivity contribution in [3.05, 3.63) is 35.7 Å². The van der Waals surface area contributed by atoms with Crippen LogP contribution in [0.5, 0.6) is 0 Å². The van der Waals surface area contributed by atoms with E-state index in [1.807, 2.05) is 0 Å². The Balaban J connectivity index is 1.70. The summed E-state index contributed by atoms with van der Waals surface area (Å²) >= 11 is 0. The van der Waals surface area contributed by atoms with Gasteiger partial charge in [-0.2, -0.15) is 17.9 Å². The smallest absolute Gasteiger partial charge is 0.369 e. The molecule has 0 spiro atoms. The fourth-order valence-electron chi connectivity index (χ4n) is 2.87. The largest absolute Gasteiger partial charge is 0.416 e. The summed E-state index contributed by atoms with van der Waals surface area (Å²) in [7, 11) is 0. The number of tetrazole rings is 1. The van der Waals surface area contributed by atoms with Crippen LogP contribution in [0, 0.1) is 5.92 Å². The van der Waals surface area contributed by atoms with Crippen LogP contribution in [0.25, 0.3) is 5.69 Å². The number of hydrogen-bond acceptors (Lipinski definition) is 5. The molecule has 25 heavy (non-hydrogen) atoms. The van der Waals surface area contributed by atoms with Gasteiger partial charge in [0.25, 0.3) is 0 Å². The summed E-state index contributed by atoms with van der Waals surface area (Å²) in [6, 6.07) is 4.67. The van der Waals surface area contributed by atoms with Gasteiger partial charge in [-0.25, -0.2) is 0 Å². The van der Waals surface area contributed by atoms with Gasteiger partial charge in [0.1, 0.15) is 0 Å². The molecule has 1 aliphatic heterocycles. The van der Waals surface area contributed by atoms with Crippen LogP contribution in [0.3, 0.4) is 0 Å². The van der Waals surface area contributed by atoms with Crippen molar-refractivity contribution in [2.24, 2.45) is 11.7 Å². The summed E-state index contributed by atoms with van der Waals surface area (Å²) < 4.78 is 39.4. The van der Waals surface area contributed by atoms with Crippen molar-refractivity contribution in [1.29, 1.82) is 0 Å². The number of benzene rings is 1. The maximum Gasteiger partial charge on any atom is 0.416 e. The number of primary amides is 1. The Labute approximate surface area is 141 Å². The second-order valence-electron chi connectivity index (χ2n) is 6.00. The van der Waals surface area contributed by atoms with Crippen molar-refractivity contribution in [2.45, 2.75) is 25.6 Å². The highest BCUT2D eigenvalue weighted by Gasteiger charge is 2.30. The van der Waals surface area contributed by atoms with E-state index < -0.39 is 11.7 Å². The number of amides is 1. The topological polar surface area (TPSA) is 89.9 Å². The second-order valence-corrected chi connectivity index (χ2v) is 6.00. The van der Waals surface area contributed by atoms with Gasteiger partial charge in [0.05, 0.1) is 17.8 Å². The number of aromatic nitrogens is 4. The lowest BCUT2D eigenvalue weighted by molar-refractivity contribution is -0.137. The third-order valence-electron chi connectivity index (χ3n) is 4.33. The monoisotopic (exact) mass is 354 g/mol. The summed E-state index contributed by atoms with van der Waals surface area (Å²) in [5.74, 6) is 0.133. The summed E-state index contributed by atoms with van der Waals surface area (Å²) in [5.41, 5.74) is 5.05. The van der Waals surface area contributed by atoms with E-state index in [0.717, 1.165) is 12.1 Å². The number of nitrogens with zero attached hydrogens (tertiary/aromatic N) is 5. The van der Waals surface area contributed by atoms with Crippen LogP contribution in [-0.4, -0.2) is 44.1 Å². The van der Waals surface area contributed by atoms with Gasteiger partial charge in [-0.3, -0.25) is 9.69 Å². The van der Waals surface area contributed by atoms with Crippen molar-refractivity contribution in [1.82, 2.24) is 25.1 Å². The van der Waals surface area contributed by atoms with Crippen molar-refractivity contribution >= 4 is 5.91 Å². The Morgan fingerprint density at radius 1 is 1.20 bits per heavy atom. The molecule has 0 radical (unpaired) electrons. The first-order chi connectivity index (χ1) is 11.8. The van der Waals surface area contributed by atoms with Gasteiger partial charge >= 0.3 is 6.18 Å². The summed E-state index contributed by atoms with van der Waals surface area (Å²) in [5, 5.41) is 11.4. The standard InChI is InChI=1S/C15H17F3N6O/c16-15(17,18)11-1-3-12(4-2-11)24-13(20-21-22-24)9-23-7-5-10(6-8-23)14(19)25/h1-4,10H,5-9H2,(H2,19,25). The molecule has 1 aromatic heterocycles. The fraction of sp³-hybridized carbons (Fsp3) is 0.467. The molecule has 1 aliphatic rings. The molecular weight excluding hydrogens is 337 g/mol. The minimum absolute atomic E-state index is 0.109. The first kappa shape index (κ1) is 17.3. The molecule has 0 saturated carbocycles. The predicted molar refractivity (Wildman–Crippen MR) is 81.4 cm³/mol. The number of likely N-dealkylation sites (tertiary alicyclic amines) is 1. The maximum atomic E-state index is 12.7. The van der Waals surface area contributed by atoms with E-state index in [1.54, 1.807) is 0 Å². The summed E-state index contributed by atoms with van der Waals surface area (Å²) in [6.45, 7) is 1.82. The van der Waals surface area contributed by atoms with E-state index in [4.69, 9.17) is 5.73 Å². The number of hydrogen-bond donors (Lipinski definition) is 1. The van der Waals surface area contributed by atoms with Crippen molar-refractivity contribution in [3.8, 4) is 5.69 Å². The summed E-state index contributed by atoms with van der Waals surface area (Å²) in [6.07, 6.45) is -3.03. The predicted octanol–water partition coefficient (Wildman–Crippen LogP) is 1.38. The summed E-state index contributed by atoms with van der Waals surface area (Å²) in [4.78, 5) is 13.3. The average molecular weight is 354 g/mol. The normalized spacial score (nSPS) is 16.9. The lowest BCUT2D eigenvalue weighted by atomic mass is 9.96. The van der Waals surface area contributed by atoms with E-state index in [0.29, 0.717) is 44.0 Å². The molecule has 1 aromatic carbocycles. The zero-order valence-corrected chi connectivity index (χ0v) is 13.3. The molecule has 1 saturated heterocycles. The average Bonchev–Trinajstić information content (AvgIpc) is 3.03. The van der Waals surface area contributed by atoms with Crippen LogP contribution < -0.4 is 5.73 Å². The molecule has 0 aliphatic carbocycles. The second kappa shape index (κ2) is 6.79. The molecule has 10 heteroatoms. The molecule has 2 heterocycles. The van der Waals surface area contributed by atoms with Crippen molar-refractivity contribution < 1.29 is 18.0 Å². The minimum atomic E-state index is -4.38. The highest BCUT2D eigenvalue weighted by Crippen LogP contribution is 2.29. The Morgan fingerprint density at radius 2 is 1.84 bits per heavy atom. The molecule has 3 rings (SSSR count). The number of rotatable bonds is 4. The Hall–Kier alpha value is -2.49. The first-order valence-electron chi connectivity index (χ1n) is 7.81. The van der Waals surface area contributed by atoms with E-state index in [-0.39, 0.29) is 11.8 Å². The number of piperidine rings is 1. The lowest BCUT2D eigenvalue weighted by Gasteiger charge is -2.29. The molecular formula is C15H17F3N6O. The number of carbonyl (C=O) groups is 1. The molecule has 0 unspecified atom stereocenters. The van der Waals surface area contributed by atoms with Crippen LogP contribution in [0.1, 0.15) is 24.2 Å². The van der Waals surface area contributed by atoms with Gasteiger partial charge in [0, 0.05) is 5.92 Å². The minimum Gasteiger partial charge on any atom is -0.369 e. The SMILES string of the molecule is NC(=O)C1CCN(Cc2nnnn2-c2ccc(C(F)(F)F)cc2)CC1. The van der Waals surface area contributed by atoms with E-state index in [9.17, 15) is 18.0 Å². The van der Waals surface area contributed by atoms with Crippen LogP contribution >= 0.6 is 0 Å². The molecule has 2 N–H and O–H groups in total. The van der Waals surface area contributed by atoms with Gasteiger partial charge in [0.2, 0.25) is 5.91 Å². The van der Waals surface area contributed by atoms with Crippen LogP contribution in [0.2, 0.25) is 0 Å². The number of alkyl halides is 3. The zero-order valence-electron chi connectivity index (χ0n) is 13.3. The van der Waals surface area contributed by atoms with Crippen LogP contribution in [0.4, 0.5) is 13.2 Å². The molecule has 0 atom stereocenters. The number of halogens is 3. The van der Waals surface area contributed by atoms with Crippen LogP contribution in [0.15, 0.2) is 24.3 Å². The molecule has 0 bridgehead atoms. The quantitative estimate of drug-likeness (QED) is 0.896. The van der Waals surface area contributed by atoms with E-state index in [2.05, 4.69) is 20.4 Å². The van der Waals surface area contributed by atoms with E-state index in [1.165, 1.54) is 16.8 Å². The molecule has 2 aromatic rings. The first-order valence-corrected chi connectivity index (χ1v) is 7.81. The third kappa shape index (κ3) is 3.95. The maximum absolute atomic E-state index is 12.7. The Morgan fingerprint density at radius 3 is 2.40 bits per heavy atom. The van der Waals surface area contributed by atoms with Crippen molar-refractivity contribution in [2.75, 3.05) is 13.1 Å². The van der Waals surface area contributed by atoms with Gasteiger partial charge < -0.3 is 5.73 Å². The van der Waals surface area contributed by atoms with Crippen molar-refractivity contribution in [3.63, 3.8) is 0 Å². The fourth-order valence-corrected chi connectivity index (χ4v) is 2.87. The molecule has 7 nitrogen and oxygen atoms in total. The molecule has 1 amide bonds. The molecule has 1 fully saturated rings. The Bertz CT molecular complexity index is 734. The molecule has 134 valence electrons. The third-order valence-corrected chi connectivity index (χ3v) is 4.33. The number of nitrogens with two attached hydrogens (primary N) is 1.